The van der Waals surface area contributed by atoms with Gasteiger partial charge in [0, 0.05) is 0 Å². The maximum Gasteiger partial charge on any atom is 0.401 e. The van der Waals surface area contributed by atoms with Crippen LogP contribution in [0, 0.1) is 11.3 Å². The number of nitrogens with two attached hydrogens (primary N) is 1. The molecule has 112 valence electrons. The first-order chi connectivity index (χ1) is 9.03. The molecule has 0 aliphatic carbocycles. The SMILES string of the molecule is CC(C)(C)c1ccccc1OCC(C(=N)N)C(F)(F)F. The Morgan fingerprint density at radius 3 is 2.25 bits per heavy atom. The van der Waals surface area contributed by atoms with Crippen molar-refractivity contribution < 1.29 is 17.9 Å². The number of nitrogens with one attached hydrogen (secondary N) is 1. The monoisotopic (exact) mass is 288 g/mol. The van der Waals surface area contributed by atoms with Gasteiger partial charge >= 0.3 is 6.18 Å². The van der Waals surface area contributed by atoms with E-state index >= 15 is 0 Å². The highest BCUT2D eigenvalue weighted by Crippen LogP contribution is 2.32. The maximum absolute atomic E-state index is 12.7. The number of hydrogen-bond acceptors (Lipinski definition) is 2. The summed E-state index contributed by atoms with van der Waals surface area (Å²) in [6.45, 7) is 5.15. The number of amidine groups is 1. The molecule has 0 spiro atoms. The number of rotatable bonds is 4. The van der Waals surface area contributed by atoms with E-state index < -0.39 is 24.5 Å². The van der Waals surface area contributed by atoms with E-state index in [9.17, 15) is 13.2 Å². The Labute approximate surface area is 116 Å². The average molecular weight is 288 g/mol. The van der Waals surface area contributed by atoms with Crippen LogP contribution in [-0.4, -0.2) is 18.6 Å². The number of halogens is 3. The van der Waals surface area contributed by atoms with Gasteiger partial charge in [0.05, 0.1) is 0 Å². The molecule has 0 radical (unpaired) electrons. The van der Waals surface area contributed by atoms with Gasteiger partial charge in [-0.1, -0.05) is 39.0 Å². The lowest BCUT2D eigenvalue weighted by Gasteiger charge is -2.24. The minimum Gasteiger partial charge on any atom is -0.492 e. The summed E-state index contributed by atoms with van der Waals surface area (Å²) in [5.41, 5.74) is 5.55. The highest BCUT2D eigenvalue weighted by atomic mass is 19.4. The molecular formula is C14H19F3N2O. The van der Waals surface area contributed by atoms with Crippen LogP contribution in [0.3, 0.4) is 0 Å². The molecule has 0 amide bonds. The third-order valence-corrected chi connectivity index (χ3v) is 2.87. The molecule has 1 aromatic rings. The molecule has 0 aromatic heterocycles. The summed E-state index contributed by atoms with van der Waals surface area (Å²) in [6.07, 6.45) is -4.58. The topological polar surface area (TPSA) is 59.1 Å². The minimum absolute atomic E-state index is 0.249. The quantitative estimate of drug-likeness (QED) is 0.658. The van der Waals surface area contributed by atoms with E-state index in [1.807, 2.05) is 26.8 Å². The zero-order valence-electron chi connectivity index (χ0n) is 11.7. The largest absolute Gasteiger partial charge is 0.492 e. The van der Waals surface area contributed by atoms with Crippen molar-refractivity contribution in [1.29, 1.82) is 5.41 Å². The smallest absolute Gasteiger partial charge is 0.401 e. The van der Waals surface area contributed by atoms with Crippen LogP contribution in [0.15, 0.2) is 24.3 Å². The lowest BCUT2D eigenvalue weighted by Crippen LogP contribution is -2.39. The van der Waals surface area contributed by atoms with Crippen molar-refractivity contribution in [2.45, 2.75) is 32.4 Å². The molecule has 6 heteroatoms. The second-order valence-corrected chi connectivity index (χ2v) is 5.61. The molecule has 0 bridgehead atoms. The van der Waals surface area contributed by atoms with Crippen molar-refractivity contribution in [3.8, 4) is 5.75 Å². The first-order valence-electron chi connectivity index (χ1n) is 6.16. The molecule has 20 heavy (non-hydrogen) atoms. The number of hydrogen-bond donors (Lipinski definition) is 2. The first-order valence-corrected chi connectivity index (χ1v) is 6.16. The fourth-order valence-corrected chi connectivity index (χ4v) is 1.75. The molecule has 0 fully saturated rings. The third kappa shape index (κ3) is 4.15. The molecule has 3 N–H and O–H groups in total. The molecule has 1 aromatic carbocycles. The second-order valence-electron chi connectivity index (χ2n) is 5.61. The normalized spacial score (nSPS) is 13.9. The van der Waals surface area contributed by atoms with E-state index in [1.54, 1.807) is 18.2 Å². The Kier molecular flexibility index (Phi) is 4.68. The first kappa shape index (κ1) is 16.3. The van der Waals surface area contributed by atoms with Crippen molar-refractivity contribution in [1.82, 2.24) is 0 Å². The fraction of sp³-hybridized carbons (Fsp3) is 0.500. The van der Waals surface area contributed by atoms with Crippen LogP contribution in [0.25, 0.3) is 0 Å². The van der Waals surface area contributed by atoms with Gasteiger partial charge in [-0.15, -0.1) is 0 Å². The number of alkyl halides is 3. The molecule has 3 nitrogen and oxygen atoms in total. The lowest BCUT2D eigenvalue weighted by atomic mass is 9.86. The zero-order chi connectivity index (χ0) is 15.6. The van der Waals surface area contributed by atoms with Crippen molar-refractivity contribution >= 4 is 5.84 Å². The van der Waals surface area contributed by atoms with E-state index in [2.05, 4.69) is 0 Å². The molecule has 0 saturated heterocycles. The van der Waals surface area contributed by atoms with Crippen LogP contribution >= 0.6 is 0 Å². The highest BCUT2D eigenvalue weighted by Gasteiger charge is 2.42. The van der Waals surface area contributed by atoms with E-state index in [-0.39, 0.29) is 5.41 Å². The van der Waals surface area contributed by atoms with Crippen molar-refractivity contribution in [2.24, 2.45) is 11.7 Å². The van der Waals surface area contributed by atoms with Crippen molar-refractivity contribution in [3.05, 3.63) is 29.8 Å². The molecule has 1 atom stereocenters. The number of benzene rings is 1. The number of ether oxygens (including phenoxy) is 1. The summed E-state index contributed by atoms with van der Waals surface area (Å²) < 4.78 is 43.4. The van der Waals surface area contributed by atoms with E-state index in [1.165, 1.54) is 0 Å². The standard InChI is InChI=1S/C14H19F3N2O/c1-13(2,3)9-6-4-5-7-11(9)20-8-10(12(18)19)14(15,16)17/h4-7,10H,8H2,1-3H3,(H3,18,19). The Morgan fingerprint density at radius 1 is 1.25 bits per heavy atom. The summed E-state index contributed by atoms with van der Waals surface area (Å²) in [5.74, 6) is -2.64. The van der Waals surface area contributed by atoms with Gasteiger partial charge in [0.2, 0.25) is 0 Å². The van der Waals surface area contributed by atoms with Gasteiger partial charge in [-0.2, -0.15) is 13.2 Å². The van der Waals surface area contributed by atoms with Crippen LogP contribution in [0.5, 0.6) is 5.75 Å². The Morgan fingerprint density at radius 2 is 1.80 bits per heavy atom. The maximum atomic E-state index is 12.7. The summed E-state index contributed by atoms with van der Waals surface area (Å²) >= 11 is 0. The van der Waals surface area contributed by atoms with Crippen LogP contribution in [0.2, 0.25) is 0 Å². The Balaban J connectivity index is 2.93. The van der Waals surface area contributed by atoms with E-state index in [0.29, 0.717) is 5.75 Å². The predicted octanol–water partition coefficient (Wildman–Crippen LogP) is 3.48. The molecule has 0 saturated carbocycles. The van der Waals surface area contributed by atoms with Gasteiger partial charge in [0.15, 0.2) is 0 Å². The predicted molar refractivity (Wildman–Crippen MR) is 72.1 cm³/mol. The fourth-order valence-electron chi connectivity index (χ4n) is 1.75. The Bertz CT molecular complexity index is 478. The van der Waals surface area contributed by atoms with E-state index in [0.717, 1.165) is 5.56 Å². The second kappa shape index (κ2) is 5.73. The van der Waals surface area contributed by atoms with Gasteiger partial charge in [-0.05, 0) is 17.0 Å². The molecule has 0 aliphatic heterocycles. The third-order valence-electron chi connectivity index (χ3n) is 2.87. The van der Waals surface area contributed by atoms with Crippen molar-refractivity contribution in [2.75, 3.05) is 6.61 Å². The lowest BCUT2D eigenvalue weighted by molar-refractivity contribution is -0.162. The van der Waals surface area contributed by atoms with Crippen LogP contribution in [0.4, 0.5) is 13.2 Å². The molecule has 1 rings (SSSR count). The van der Waals surface area contributed by atoms with Gasteiger partial charge in [-0.3, -0.25) is 5.41 Å². The van der Waals surface area contributed by atoms with Gasteiger partial charge in [-0.25, -0.2) is 0 Å². The minimum atomic E-state index is -4.58. The summed E-state index contributed by atoms with van der Waals surface area (Å²) in [6, 6.07) is 6.93. The summed E-state index contributed by atoms with van der Waals surface area (Å²) in [5, 5.41) is 7.03. The molecule has 0 heterocycles. The zero-order valence-corrected chi connectivity index (χ0v) is 11.7. The van der Waals surface area contributed by atoms with Gasteiger partial charge in [0.25, 0.3) is 0 Å². The number of para-hydroxylation sites is 1. The van der Waals surface area contributed by atoms with Crippen LogP contribution in [0.1, 0.15) is 26.3 Å². The molecule has 0 aliphatic rings. The highest BCUT2D eigenvalue weighted by molar-refractivity contribution is 5.80. The summed E-state index contributed by atoms with van der Waals surface area (Å²) in [4.78, 5) is 0. The van der Waals surface area contributed by atoms with Gasteiger partial charge < -0.3 is 10.5 Å². The van der Waals surface area contributed by atoms with Crippen molar-refractivity contribution in [3.63, 3.8) is 0 Å². The van der Waals surface area contributed by atoms with Crippen LogP contribution in [-0.2, 0) is 5.41 Å². The Hall–Kier alpha value is -1.72. The molecule has 1 unspecified atom stereocenters. The molecular weight excluding hydrogens is 269 g/mol. The van der Waals surface area contributed by atoms with E-state index in [4.69, 9.17) is 15.9 Å². The van der Waals surface area contributed by atoms with Gasteiger partial charge in [0.1, 0.15) is 24.1 Å². The van der Waals surface area contributed by atoms with Crippen LogP contribution < -0.4 is 10.5 Å². The summed E-state index contributed by atoms with van der Waals surface area (Å²) in [7, 11) is 0. The average Bonchev–Trinajstić information content (AvgIpc) is 2.26.